The first-order chi connectivity index (χ1) is 12.0. The summed E-state index contributed by atoms with van der Waals surface area (Å²) < 4.78 is 28.2. The van der Waals surface area contributed by atoms with E-state index in [1.165, 1.54) is 28.2 Å². The first kappa shape index (κ1) is 16.8. The minimum Gasteiger partial charge on any atom is -0.324 e. The molecule has 1 saturated heterocycles. The van der Waals surface area contributed by atoms with Gasteiger partial charge in [0, 0.05) is 32.1 Å². The molecular formula is C16H16F2N6O. The number of likely N-dealkylation sites (tertiary alicyclic amines) is 1. The van der Waals surface area contributed by atoms with Gasteiger partial charge in [0.05, 0.1) is 23.6 Å². The average Bonchev–Trinajstić information content (AvgIpc) is 2.97. The van der Waals surface area contributed by atoms with Crippen molar-refractivity contribution in [1.29, 1.82) is 5.26 Å². The predicted molar refractivity (Wildman–Crippen MR) is 85.5 cm³/mol. The van der Waals surface area contributed by atoms with Crippen LogP contribution in [0.5, 0.6) is 0 Å². The second kappa shape index (κ2) is 6.84. The molecule has 1 fully saturated rings. The third kappa shape index (κ3) is 3.91. The molecule has 0 radical (unpaired) electrons. The van der Waals surface area contributed by atoms with E-state index < -0.39 is 12.0 Å². The van der Waals surface area contributed by atoms with Crippen molar-refractivity contribution in [3.05, 3.63) is 36.3 Å². The number of nitrogens with one attached hydrogen (secondary N) is 1. The number of alkyl halides is 2. The quantitative estimate of drug-likeness (QED) is 0.906. The number of halogens is 2. The lowest BCUT2D eigenvalue weighted by atomic mass is 10.1. The van der Waals surface area contributed by atoms with Crippen LogP contribution < -0.4 is 5.32 Å². The Morgan fingerprint density at radius 2 is 2.20 bits per heavy atom. The maximum Gasteiger partial charge on any atom is 0.321 e. The number of pyridine rings is 1. The van der Waals surface area contributed by atoms with Crippen LogP contribution in [-0.2, 0) is 0 Å². The number of rotatable bonds is 2. The molecule has 0 aromatic carbocycles. The van der Waals surface area contributed by atoms with Crippen molar-refractivity contribution in [2.45, 2.75) is 25.2 Å². The van der Waals surface area contributed by atoms with Gasteiger partial charge in [0.15, 0.2) is 5.82 Å². The fraction of sp³-hybridized carbons (Fsp3) is 0.375. The largest absolute Gasteiger partial charge is 0.324 e. The van der Waals surface area contributed by atoms with Gasteiger partial charge in [-0.15, -0.1) is 0 Å². The lowest BCUT2D eigenvalue weighted by Crippen LogP contribution is -2.36. The summed E-state index contributed by atoms with van der Waals surface area (Å²) in [5.41, 5.74) is 0.744. The maximum atomic E-state index is 13.4. The molecule has 9 heteroatoms. The smallest absolute Gasteiger partial charge is 0.321 e. The molecule has 0 aliphatic carbocycles. The lowest BCUT2D eigenvalue weighted by Gasteiger charge is -2.20. The Balaban J connectivity index is 1.69. The number of amides is 2. The van der Waals surface area contributed by atoms with Crippen LogP contribution in [0.25, 0.3) is 5.82 Å². The van der Waals surface area contributed by atoms with Crippen LogP contribution in [0.15, 0.2) is 30.7 Å². The summed E-state index contributed by atoms with van der Waals surface area (Å²) in [7, 11) is 0. The molecular weight excluding hydrogens is 330 g/mol. The normalized spacial score (nSPS) is 16.8. The summed E-state index contributed by atoms with van der Waals surface area (Å²) in [6.07, 6.45) is 4.20. The second-order valence-corrected chi connectivity index (χ2v) is 5.79. The Hall–Kier alpha value is -3.02. The van der Waals surface area contributed by atoms with Crippen LogP contribution in [0, 0.1) is 11.3 Å². The summed E-state index contributed by atoms with van der Waals surface area (Å²) in [6.45, 7) is 0.292. The molecule has 2 amide bonds. The van der Waals surface area contributed by atoms with E-state index in [4.69, 9.17) is 5.26 Å². The van der Waals surface area contributed by atoms with Crippen molar-refractivity contribution >= 4 is 11.7 Å². The fourth-order valence-electron chi connectivity index (χ4n) is 2.64. The SMILES string of the molecule is N#Cc1cccnc1-n1cc(NC(=O)N2CCCC(F)(F)CC2)cn1. The Morgan fingerprint density at radius 1 is 1.36 bits per heavy atom. The highest BCUT2D eigenvalue weighted by Crippen LogP contribution is 2.28. The van der Waals surface area contributed by atoms with E-state index in [1.54, 1.807) is 12.1 Å². The summed E-state index contributed by atoms with van der Waals surface area (Å²) >= 11 is 0. The average molecular weight is 346 g/mol. The molecule has 7 nitrogen and oxygen atoms in total. The van der Waals surface area contributed by atoms with Crippen LogP contribution in [0.2, 0.25) is 0 Å². The first-order valence-corrected chi connectivity index (χ1v) is 7.82. The van der Waals surface area contributed by atoms with Crippen LogP contribution in [-0.4, -0.2) is 44.7 Å². The highest BCUT2D eigenvalue weighted by atomic mass is 19.3. The Labute approximate surface area is 142 Å². The van der Waals surface area contributed by atoms with Crippen LogP contribution in [0.4, 0.5) is 19.3 Å². The monoisotopic (exact) mass is 346 g/mol. The lowest BCUT2D eigenvalue weighted by molar-refractivity contribution is -0.0121. The Kier molecular flexibility index (Phi) is 4.61. The van der Waals surface area contributed by atoms with Gasteiger partial charge >= 0.3 is 6.03 Å². The van der Waals surface area contributed by atoms with Gasteiger partial charge < -0.3 is 10.2 Å². The van der Waals surface area contributed by atoms with Crippen molar-refractivity contribution in [2.75, 3.05) is 18.4 Å². The number of hydrogen-bond acceptors (Lipinski definition) is 4. The van der Waals surface area contributed by atoms with Crippen molar-refractivity contribution in [3.63, 3.8) is 0 Å². The molecule has 0 atom stereocenters. The van der Waals surface area contributed by atoms with E-state index in [9.17, 15) is 13.6 Å². The van der Waals surface area contributed by atoms with Crippen LogP contribution in [0.3, 0.4) is 0 Å². The number of carbonyl (C=O) groups is 1. The number of hydrogen-bond donors (Lipinski definition) is 1. The van der Waals surface area contributed by atoms with Gasteiger partial charge in [0.1, 0.15) is 6.07 Å². The molecule has 25 heavy (non-hydrogen) atoms. The van der Waals surface area contributed by atoms with E-state index >= 15 is 0 Å². The molecule has 2 aromatic heterocycles. The number of nitriles is 1. The van der Waals surface area contributed by atoms with Crippen molar-refractivity contribution in [2.24, 2.45) is 0 Å². The molecule has 3 heterocycles. The Bertz CT molecular complexity index is 813. The molecule has 0 saturated carbocycles. The third-order valence-corrected chi connectivity index (χ3v) is 3.96. The highest BCUT2D eigenvalue weighted by molar-refractivity contribution is 5.89. The van der Waals surface area contributed by atoms with Gasteiger partial charge in [0.2, 0.25) is 5.92 Å². The maximum absolute atomic E-state index is 13.4. The van der Waals surface area contributed by atoms with E-state index in [1.807, 2.05) is 6.07 Å². The van der Waals surface area contributed by atoms with E-state index in [0.29, 0.717) is 17.1 Å². The molecule has 0 unspecified atom stereocenters. The number of carbonyl (C=O) groups excluding carboxylic acids is 1. The highest BCUT2D eigenvalue weighted by Gasteiger charge is 2.33. The van der Waals surface area contributed by atoms with Gasteiger partial charge in [0.25, 0.3) is 0 Å². The fourth-order valence-corrected chi connectivity index (χ4v) is 2.64. The van der Waals surface area contributed by atoms with Gasteiger partial charge in [-0.05, 0) is 18.6 Å². The van der Waals surface area contributed by atoms with Crippen LogP contribution >= 0.6 is 0 Å². The predicted octanol–water partition coefficient (Wildman–Crippen LogP) is 2.79. The molecule has 1 aliphatic rings. The molecule has 0 bridgehead atoms. The summed E-state index contributed by atoms with van der Waals surface area (Å²) in [5.74, 6) is -2.37. The second-order valence-electron chi connectivity index (χ2n) is 5.79. The van der Waals surface area contributed by atoms with Crippen molar-refractivity contribution < 1.29 is 13.6 Å². The topological polar surface area (TPSA) is 86.8 Å². The molecule has 2 aromatic rings. The van der Waals surface area contributed by atoms with Crippen molar-refractivity contribution in [3.8, 4) is 11.9 Å². The standard InChI is InChI=1S/C16H16F2N6O/c17-16(18)4-2-7-23(8-5-16)15(25)22-13-10-21-24(11-13)14-12(9-19)3-1-6-20-14/h1,3,6,10-11H,2,4-5,7-8H2,(H,22,25). The minimum atomic E-state index is -2.72. The number of anilines is 1. The molecule has 3 rings (SSSR count). The summed E-state index contributed by atoms with van der Waals surface area (Å²) in [6, 6.07) is 4.83. The zero-order valence-electron chi connectivity index (χ0n) is 13.3. The van der Waals surface area contributed by atoms with E-state index in [-0.39, 0.29) is 32.4 Å². The number of nitrogens with zero attached hydrogens (tertiary/aromatic N) is 5. The summed E-state index contributed by atoms with van der Waals surface area (Å²) in [5, 5.41) is 15.8. The number of urea groups is 1. The van der Waals surface area contributed by atoms with Gasteiger partial charge in [-0.25, -0.2) is 23.2 Å². The van der Waals surface area contributed by atoms with Gasteiger partial charge in [-0.1, -0.05) is 0 Å². The molecule has 0 spiro atoms. The molecule has 1 N–H and O–H groups in total. The Morgan fingerprint density at radius 3 is 3.00 bits per heavy atom. The van der Waals surface area contributed by atoms with Gasteiger partial charge in [-0.3, -0.25) is 0 Å². The zero-order chi connectivity index (χ0) is 17.9. The van der Waals surface area contributed by atoms with E-state index in [0.717, 1.165) is 0 Å². The first-order valence-electron chi connectivity index (χ1n) is 7.82. The summed E-state index contributed by atoms with van der Waals surface area (Å²) in [4.78, 5) is 17.7. The zero-order valence-corrected chi connectivity index (χ0v) is 13.3. The molecule has 130 valence electrons. The van der Waals surface area contributed by atoms with Crippen molar-refractivity contribution in [1.82, 2.24) is 19.7 Å². The number of aromatic nitrogens is 3. The third-order valence-electron chi connectivity index (χ3n) is 3.96. The van der Waals surface area contributed by atoms with Gasteiger partial charge in [-0.2, -0.15) is 10.4 Å². The minimum absolute atomic E-state index is 0.00575. The van der Waals surface area contributed by atoms with E-state index in [2.05, 4.69) is 15.4 Å². The van der Waals surface area contributed by atoms with Crippen LogP contribution in [0.1, 0.15) is 24.8 Å². The molecule has 1 aliphatic heterocycles.